The summed E-state index contributed by atoms with van der Waals surface area (Å²) in [5, 5.41) is 3.22. The standard InChI is InChI=1S/C18H21ClN2O3S/c1-3-4-11-21(2)25(23,24)17-10-5-7-14(12-17)18(22)20-16-9-6-8-15(19)13-16/h5-10,12-13H,3-4,11H2,1-2H3,(H,20,22). The smallest absolute Gasteiger partial charge is 0.255 e. The average molecular weight is 381 g/mol. The number of amides is 1. The molecule has 0 saturated carbocycles. The number of hydrogen-bond donors (Lipinski definition) is 1. The van der Waals surface area contributed by atoms with E-state index in [4.69, 9.17) is 11.6 Å². The minimum atomic E-state index is -3.61. The predicted molar refractivity (Wildman–Crippen MR) is 101 cm³/mol. The van der Waals surface area contributed by atoms with E-state index in [9.17, 15) is 13.2 Å². The third kappa shape index (κ3) is 5.04. The third-order valence-corrected chi connectivity index (χ3v) is 5.80. The van der Waals surface area contributed by atoms with Gasteiger partial charge in [-0.3, -0.25) is 4.79 Å². The Bertz CT molecular complexity index is 853. The highest BCUT2D eigenvalue weighted by molar-refractivity contribution is 7.89. The third-order valence-electron chi connectivity index (χ3n) is 3.71. The maximum absolute atomic E-state index is 12.6. The van der Waals surface area contributed by atoms with Crippen molar-refractivity contribution in [3.05, 3.63) is 59.1 Å². The number of carbonyl (C=O) groups excluding carboxylic acids is 1. The van der Waals surface area contributed by atoms with Crippen LogP contribution in [0.4, 0.5) is 5.69 Å². The van der Waals surface area contributed by atoms with E-state index in [1.807, 2.05) is 6.92 Å². The maximum atomic E-state index is 12.6. The Hall–Kier alpha value is -1.89. The summed E-state index contributed by atoms with van der Waals surface area (Å²) in [7, 11) is -2.07. The molecule has 0 aliphatic carbocycles. The first-order valence-electron chi connectivity index (χ1n) is 7.98. The molecule has 1 amide bonds. The van der Waals surface area contributed by atoms with E-state index in [2.05, 4.69) is 5.32 Å². The highest BCUT2D eigenvalue weighted by Gasteiger charge is 2.21. The lowest BCUT2D eigenvalue weighted by Crippen LogP contribution is -2.28. The van der Waals surface area contributed by atoms with E-state index in [1.54, 1.807) is 43.4 Å². The lowest BCUT2D eigenvalue weighted by atomic mass is 10.2. The summed E-state index contributed by atoms with van der Waals surface area (Å²) >= 11 is 5.90. The van der Waals surface area contributed by atoms with Gasteiger partial charge in [0.2, 0.25) is 10.0 Å². The van der Waals surface area contributed by atoms with Gasteiger partial charge in [0.25, 0.3) is 5.91 Å². The van der Waals surface area contributed by atoms with Crippen LogP contribution >= 0.6 is 11.6 Å². The topological polar surface area (TPSA) is 66.5 Å². The van der Waals surface area contributed by atoms with Crippen LogP contribution in [-0.2, 0) is 10.0 Å². The zero-order valence-corrected chi connectivity index (χ0v) is 15.8. The molecule has 2 aromatic carbocycles. The van der Waals surface area contributed by atoms with Gasteiger partial charge in [0.05, 0.1) is 4.90 Å². The van der Waals surface area contributed by atoms with Gasteiger partial charge in [0.1, 0.15) is 0 Å². The maximum Gasteiger partial charge on any atom is 0.255 e. The van der Waals surface area contributed by atoms with Gasteiger partial charge in [-0.25, -0.2) is 12.7 Å². The highest BCUT2D eigenvalue weighted by atomic mass is 35.5. The fourth-order valence-corrected chi connectivity index (χ4v) is 3.69. The molecular formula is C18H21ClN2O3S. The number of nitrogens with one attached hydrogen (secondary N) is 1. The normalized spacial score (nSPS) is 11.5. The average Bonchev–Trinajstić information content (AvgIpc) is 2.59. The number of nitrogens with zero attached hydrogens (tertiary/aromatic N) is 1. The molecule has 0 aliphatic rings. The number of carbonyl (C=O) groups is 1. The van der Waals surface area contributed by atoms with Crippen LogP contribution in [-0.4, -0.2) is 32.2 Å². The van der Waals surface area contributed by atoms with E-state index in [0.717, 1.165) is 12.8 Å². The van der Waals surface area contributed by atoms with Crippen LogP contribution in [0, 0.1) is 0 Å². The first kappa shape index (κ1) is 19.4. The molecule has 0 atom stereocenters. The molecule has 1 N–H and O–H groups in total. The zero-order chi connectivity index (χ0) is 18.4. The van der Waals surface area contributed by atoms with Crippen LogP contribution < -0.4 is 5.32 Å². The zero-order valence-electron chi connectivity index (χ0n) is 14.2. The second-order valence-electron chi connectivity index (χ2n) is 5.67. The quantitative estimate of drug-likeness (QED) is 0.789. The first-order chi connectivity index (χ1) is 11.8. The van der Waals surface area contributed by atoms with Gasteiger partial charge in [-0.2, -0.15) is 0 Å². The van der Waals surface area contributed by atoms with E-state index in [-0.39, 0.29) is 10.5 Å². The van der Waals surface area contributed by atoms with Crippen molar-refractivity contribution in [2.75, 3.05) is 18.9 Å². The monoisotopic (exact) mass is 380 g/mol. The molecule has 0 fully saturated rings. The van der Waals surface area contributed by atoms with Gasteiger partial charge in [-0.05, 0) is 42.8 Å². The number of rotatable bonds is 7. The minimum Gasteiger partial charge on any atom is -0.322 e. The Balaban J connectivity index is 2.21. The SMILES string of the molecule is CCCCN(C)S(=O)(=O)c1cccc(C(=O)Nc2cccc(Cl)c2)c1. The van der Waals surface area contributed by atoms with Crippen molar-refractivity contribution in [2.24, 2.45) is 0 Å². The molecule has 0 unspecified atom stereocenters. The molecular weight excluding hydrogens is 360 g/mol. The molecule has 2 aromatic rings. The summed E-state index contributed by atoms with van der Waals surface area (Å²) in [6.45, 7) is 2.44. The van der Waals surface area contributed by atoms with Gasteiger partial charge in [0.15, 0.2) is 0 Å². The van der Waals surface area contributed by atoms with Crippen LogP contribution in [0.2, 0.25) is 5.02 Å². The van der Waals surface area contributed by atoms with Gasteiger partial charge >= 0.3 is 0 Å². The molecule has 0 bridgehead atoms. The minimum absolute atomic E-state index is 0.102. The lowest BCUT2D eigenvalue weighted by molar-refractivity contribution is 0.102. The highest BCUT2D eigenvalue weighted by Crippen LogP contribution is 2.19. The molecule has 134 valence electrons. The largest absolute Gasteiger partial charge is 0.322 e. The lowest BCUT2D eigenvalue weighted by Gasteiger charge is -2.17. The number of halogens is 1. The van der Waals surface area contributed by atoms with Gasteiger partial charge < -0.3 is 5.32 Å². The van der Waals surface area contributed by atoms with Gasteiger partial charge in [-0.15, -0.1) is 0 Å². The second-order valence-corrected chi connectivity index (χ2v) is 8.15. The Morgan fingerprint density at radius 3 is 2.56 bits per heavy atom. The number of benzene rings is 2. The Kier molecular flexibility index (Phi) is 6.58. The summed E-state index contributed by atoms with van der Waals surface area (Å²) < 4.78 is 26.5. The Labute approximate surface area is 153 Å². The van der Waals surface area contributed by atoms with Crippen molar-refractivity contribution in [2.45, 2.75) is 24.7 Å². The van der Waals surface area contributed by atoms with E-state index < -0.39 is 15.9 Å². The molecule has 0 aromatic heterocycles. The van der Waals surface area contributed by atoms with Crippen molar-refractivity contribution in [1.29, 1.82) is 0 Å². The van der Waals surface area contributed by atoms with E-state index in [0.29, 0.717) is 17.3 Å². The summed E-state index contributed by atoms with van der Waals surface area (Å²) in [6.07, 6.45) is 1.69. The summed E-state index contributed by atoms with van der Waals surface area (Å²) in [5.41, 5.74) is 0.816. The van der Waals surface area contributed by atoms with Gasteiger partial charge in [0, 0.05) is 29.9 Å². The Morgan fingerprint density at radius 2 is 1.88 bits per heavy atom. The van der Waals surface area contributed by atoms with Crippen LogP contribution in [0.5, 0.6) is 0 Å². The van der Waals surface area contributed by atoms with Crippen molar-refractivity contribution in [3.63, 3.8) is 0 Å². The summed E-state index contributed by atoms with van der Waals surface area (Å²) in [4.78, 5) is 12.5. The molecule has 0 aliphatic heterocycles. The molecule has 0 saturated heterocycles. The fourth-order valence-electron chi connectivity index (χ4n) is 2.25. The summed E-state index contributed by atoms with van der Waals surface area (Å²) in [5.74, 6) is -0.393. The van der Waals surface area contributed by atoms with Crippen molar-refractivity contribution in [1.82, 2.24) is 4.31 Å². The van der Waals surface area contributed by atoms with E-state index >= 15 is 0 Å². The van der Waals surface area contributed by atoms with E-state index in [1.165, 1.54) is 16.4 Å². The van der Waals surface area contributed by atoms with Crippen molar-refractivity contribution in [3.8, 4) is 0 Å². The van der Waals surface area contributed by atoms with Crippen LogP contribution in [0.1, 0.15) is 30.1 Å². The van der Waals surface area contributed by atoms with Crippen LogP contribution in [0.15, 0.2) is 53.4 Å². The number of hydrogen-bond acceptors (Lipinski definition) is 3. The molecule has 2 rings (SSSR count). The molecule has 0 spiro atoms. The van der Waals surface area contributed by atoms with Crippen LogP contribution in [0.25, 0.3) is 0 Å². The molecule has 7 heteroatoms. The first-order valence-corrected chi connectivity index (χ1v) is 9.79. The molecule has 0 heterocycles. The van der Waals surface area contributed by atoms with Crippen molar-refractivity contribution >= 4 is 33.2 Å². The predicted octanol–water partition coefficient (Wildman–Crippen LogP) is 4.01. The molecule has 0 radical (unpaired) electrons. The molecule has 5 nitrogen and oxygen atoms in total. The van der Waals surface area contributed by atoms with Crippen LogP contribution in [0.3, 0.4) is 0 Å². The fraction of sp³-hybridized carbons (Fsp3) is 0.278. The number of anilines is 1. The summed E-state index contributed by atoms with van der Waals surface area (Å²) in [6, 6.07) is 12.8. The second kappa shape index (κ2) is 8.47. The molecule has 25 heavy (non-hydrogen) atoms. The number of sulfonamides is 1. The van der Waals surface area contributed by atoms with Gasteiger partial charge in [-0.1, -0.05) is 37.1 Å². The number of unbranched alkanes of at least 4 members (excludes halogenated alkanes) is 1. The van der Waals surface area contributed by atoms with Crippen molar-refractivity contribution < 1.29 is 13.2 Å². The Morgan fingerprint density at radius 1 is 1.16 bits per heavy atom.